The SMILES string of the molecule is Cc1ccc(-c2nc(C(=O)NCC(=O)Nc3cccc4c(=O)[nH][nH]c(=O)c34)cs2)c(C)c1. The van der Waals surface area contributed by atoms with E-state index in [-0.39, 0.29) is 28.7 Å². The Morgan fingerprint density at radius 2 is 1.84 bits per heavy atom. The third-order valence-electron chi connectivity index (χ3n) is 4.86. The standard InChI is InChI=1S/C22H19N5O4S/c1-11-6-7-13(12(2)8-11)22-25-16(10-32-22)20(30)23-9-17(28)24-15-5-3-4-14-18(15)21(31)27-26-19(14)29/h3-8,10H,9H2,1-2H3,(H,23,30)(H,24,28)(H,26,29)(H,27,31). The second-order valence-corrected chi connectivity index (χ2v) is 8.08. The predicted octanol–water partition coefficient (Wildman–Crippen LogP) is 2.33. The second-order valence-electron chi connectivity index (χ2n) is 7.22. The molecule has 4 aromatic rings. The highest BCUT2D eigenvalue weighted by Crippen LogP contribution is 2.27. The van der Waals surface area contributed by atoms with Crippen LogP contribution in [0.1, 0.15) is 21.6 Å². The molecule has 2 aromatic carbocycles. The van der Waals surface area contributed by atoms with Crippen LogP contribution in [0, 0.1) is 13.8 Å². The van der Waals surface area contributed by atoms with E-state index >= 15 is 0 Å². The lowest BCUT2D eigenvalue weighted by Gasteiger charge is -2.08. The number of fused-ring (bicyclic) bond motifs is 1. The van der Waals surface area contributed by atoms with E-state index in [1.165, 1.54) is 23.5 Å². The number of nitrogens with zero attached hydrogens (tertiary/aromatic N) is 1. The minimum atomic E-state index is -0.546. The molecule has 2 amide bonds. The number of hydrogen-bond donors (Lipinski definition) is 4. The van der Waals surface area contributed by atoms with Crippen molar-refractivity contribution < 1.29 is 9.59 Å². The van der Waals surface area contributed by atoms with E-state index in [0.29, 0.717) is 0 Å². The third kappa shape index (κ3) is 4.21. The summed E-state index contributed by atoms with van der Waals surface area (Å²) in [5.74, 6) is -1.03. The Kier molecular flexibility index (Phi) is 5.69. The number of benzene rings is 2. The molecular formula is C22H19N5O4S. The van der Waals surface area contributed by atoms with Gasteiger partial charge >= 0.3 is 0 Å². The van der Waals surface area contributed by atoms with Crippen LogP contribution in [-0.2, 0) is 4.79 Å². The predicted molar refractivity (Wildman–Crippen MR) is 123 cm³/mol. The number of anilines is 1. The molecule has 0 radical (unpaired) electrons. The van der Waals surface area contributed by atoms with Crippen molar-refractivity contribution >= 4 is 39.6 Å². The average Bonchev–Trinajstić information content (AvgIpc) is 3.25. The molecule has 10 heteroatoms. The molecule has 9 nitrogen and oxygen atoms in total. The first kappa shape index (κ1) is 21.2. The first-order chi connectivity index (χ1) is 15.3. The Morgan fingerprint density at radius 3 is 2.62 bits per heavy atom. The quantitative estimate of drug-likeness (QED) is 0.371. The van der Waals surface area contributed by atoms with Crippen LogP contribution in [0.5, 0.6) is 0 Å². The van der Waals surface area contributed by atoms with Gasteiger partial charge in [0.1, 0.15) is 10.7 Å². The molecule has 2 heterocycles. The minimum Gasteiger partial charge on any atom is -0.342 e. The van der Waals surface area contributed by atoms with E-state index in [9.17, 15) is 19.2 Å². The first-order valence-corrected chi connectivity index (χ1v) is 10.6. The van der Waals surface area contributed by atoms with Crippen LogP contribution in [-0.4, -0.2) is 33.5 Å². The van der Waals surface area contributed by atoms with Crippen LogP contribution in [0.2, 0.25) is 0 Å². The van der Waals surface area contributed by atoms with E-state index in [1.807, 2.05) is 32.0 Å². The number of nitrogens with one attached hydrogen (secondary N) is 4. The molecule has 0 aliphatic rings. The van der Waals surface area contributed by atoms with Gasteiger partial charge in [-0.3, -0.25) is 29.4 Å². The average molecular weight is 449 g/mol. The number of aromatic amines is 2. The summed E-state index contributed by atoms with van der Waals surface area (Å²) in [4.78, 5) is 53.2. The van der Waals surface area contributed by atoms with Gasteiger partial charge in [-0.1, -0.05) is 29.8 Å². The van der Waals surface area contributed by atoms with Gasteiger partial charge in [0.25, 0.3) is 17.0 Å². The molecule has 0 atom stereocenters. The van der Waals surface area contributed by atoms with E-state index in [0.717, 1.165) is 21.7 Å². The third-order valence-corrected chi connectivity index (χ3v) is 5.73. The van der Waals surface area contributed by atoms with Gasteiger partial charge < -0.3 is 10.6 Å². The zero-order chi connectivity index (χ0) is 22.8. The van der Waals surface area contributed by atoms with Gasteiger partial charge in [0.05, 0.1) is 23.0 Å². The van der Waals surface area contributed by atoms with Crippen molar-refractivity contribution in [2.24, 2.45) is 0 Å². The number of rotatable bonds is 5. The van der Waals surface area contributed by atoms with Gasteiger partial charge in [0, 0.05) is 10.9 Å². The number of carbonyl (C=O) groups is 2. The van der Waals surface area contributed by atoms with Crippen molar-refractivity contribution in [3.05, 3.63) is 79.3 Å². The molecule has 4 rings (SSSR count). The monoisotopic (exact) mass is 449 g/mol. The molecule has 0 aliphatic carbocycles. The summed E-state index contributed by atoms with van der Waals surface area (Å²) < 4.78 is 0. The van der Waals surface area contributed by atoms with Crippen molar-refractivity contribution in [3.8, 4) is 10.6 Å². The van der Waals surface area contributed by atoms with Crippen molar-refractivity contribution in [1.82, 2.24) is 20.5 Å². The molecule has 32 heavy (non-hydrogen) atoms. The van der Waals surface area contributed by atoms with Crippen LogP contribution in [0.3, 0.4) is 0 Å². The van der Waals surface area contributed by atoms with E-state index < -0.39 is 22.9 Å². The summed E-state index contributed by atoms with van der Waals surface area (Å²) in [5, 5.41) is 12.1. The Bertz CT molecular complexity index is 1470. The smallest absolute Gasteiger partial charge is 0.272 e. The fraction of sp³-hybridized carbons (Fsp3) is 0.136. The van der Waals surface area contributed by atoms with Gasteiger partial charge in [-0.05, 0) is 31.5 Å². The van der Waals surface area contributed by atoms with Gasteiger partial charge in [0.15, 0.2) is 0 Å². The van der Waals surface area contributed by atoms with Crippen LogP contribution < -0.4 is 21.8 Å². The maximum absolute atomic E-state index is 12.4. The van der Waals surface area contributed by atoms with Crippen LogP contribution in [0.25, 0.3) is 21.3 Å². The highest BCUT2D eigenvalue weighted by atomic mass is 32.1. The van der Waals surface area contributed by atoms with Crippen molar-refractivity contribution in [2.45, 2.75) is 13.8 Å². The normalized spacial score (nSPS) is 10.8. The number of aromatic nitrogens is 3. The lowest BCUT2D eigenvalue weighted by atomic mass is 10.1. The Labute approximate surface area is 185 Å². The highest BCUT2D eigenvalue weighted by Gasteiger charge is 2.15. The van der Waals surface area contributed by atoms with Crippen molar-refractivity contribution in [2.75, 3.05) is 11.9 Å². The van der Waals surface area contributed by atoms with Gasteiger partial charge in [0.2, 0.25) is 5.91 Å². The topological polar surface area (TPSA) is 137 Å². The largest absolute Gasteiger partial charge is 0.342 e. The van der Waals surface area contributed by atoms with E-state index in [2.05, 4.69) is 25.8 Å². The number of thiazole rings is 1. The van der Waals surface area contributed by atoms with Crippen LogP contribution in [0.15, 0.2) is 51.4 Å². The van der Waals surface area contributed by atoms with E-state index in [1.54, 1.807) is 11.4 Å². The second kappa shape index (κ2) is 8.60. The molecule has 0 spiro atoms. The summed E-state index contributed by atoms with van der Waals surface area (Å²) in [5.41, 5.74) is 2.53. The van der Waals surface area contributed by atoms with Gasteiger partial charge in [-0.15, -0.1) is 11.3 Å². The Balaban J connectivity index is 1.44. The van der Waals surface area contributed by atoms with Gasteiger partial charge in [-0.2, -0.15) is 0 Å². The number of aryl methyl sites for hydroxylation is 2. The van der Waals surface area contributed by atoms with Crippen LogP contribution in [0.4, 0.5) is 5.69 Å². The molecule has 2 aromatic heterocycles. The summed E-state index contributed by atoms with van der Waals surface area (Å²) in [7, 11) is 0. The number of carbonyl (C=O) groups excluding carboxylic acids is 2. The Morgan fingerprint density at radius 1 is 1.06 bits per heavy atom. The lowest BCUT2D eigenvalue weighted by molar-refractivity contribution is -0.115. The van der Waals surface area contributed by atoms with Crippen molar-refractivity contribution in [3.63, 3.8) is 0 Å². The summed E-state index contributed by atoms with van der Waals surface area (Å²) in [6, 6.07) is 10.5. The molecule has 0 bridgehead atoms. The number of hydrogen-bond acceptors (Lipinski definition) is 6. The number of amides is 2. The van der Waals surface area contributed by atoms with Crippen molar-refractivity contribution in [1.29, 1.82) is 0 Å². The zero-order valence-corrected chi connectivity index (χ0v) is 18.1. The molecule has 0 saturated carbocycles. The first-order valence-electron chi connectivity index (χ1n) is 9.68. The number of H-pyrrole nitrogens is 2. The maximum atomic E-state index is 12.4. The maximum Gasteiger partial charge on any atom is 0.272 e. The van der Waals surface area contributed by atoms with Gasteiger partial charge in [-0.25, -0.2) is 4.98 Å². The molecule has 0 unspecified atom stereocenters. The fourth-order valence-corrected chi connectivity index (χ4v) is 4.22. The highest BCUT2D eigenvalue weighted by molar-refractivity contribution is 7.13. The molecule has 0 saturated heterocycles. The minimum absolute atomic E-state index is 0.0635. The lowest BCUT2D eigenvalue weighted by Crippen LogP contribution is -2.33. The summed E-state index contributed by atoms with van der Waals surface area (Å²) in [6.45, 7) is 3.67. The van der Waals surface area contributed by atoms with Crippen LogP contribution >= 0.6 is 11.3 Å². The molecular weight excluding hydrogens is 430 g/mol. The summed E-state index contributed by atoms with van der Waals surface area (Å²) in [6.07, 6.45) is 0. The molecule has 0 aliphatic heterocycles. The van der Waals surface area contributed by atoms with E-state index in [4.69, 9.17) is 0 Å². The zero-order valence-electron chi connectivity index (χ0n) is 17.2. The molecule has 4 N–H and O–H groups in total. The Hall–Kier alpha value is -4.05. The fourth-order valence-electron chi connectivity index (χ4n) is 3.33. The summed E-state index contributed by atoms with van der Waals surface area (Å²) >= 11 is 1.35. The molecule has 0 fully saturated rings. The molecule has 162 valence electrons.